The van der Waals surface area contributed by atoms with Gasteiger partial charge >= 0.3 is 0 Å². The highest BCUT2D eigenvalue weighted by molar-refractivity contribution is 7.16. The molecule has 2 aromatic rings. The summed E-state index contributed by atoms with van der Waals surface area (Å²) >= 11 is 7.54. The lowest BCUT2D eigenvalue weighted by Gasteiger charge is -2.18. The maximum absolute atomic E-state index is 13.4. The fraction of sp³-hybridized carbons (Fsp3) is 0.333. The number of benzene rings is 1. The molecule has 0 radical (unpaired) electrons. The predicted octanol–water partition coefficient (Wildman–Crippen LogP) is 5.08. The van der Waals surface area contributed by atoms with Crippen LogP contribution in [-0.4, -0.2) is 6.54 Å². The molecule has 0 aliphatic carbocycles. The Balaban J connectivity index is 2.40. The molecule has 20 heavy (non-hydrogen) atoms. The van der Waals surface area contributed by atoms with Crippen molar-refractivity contribution in [3.63, 3.8) is 0 Å². The lowest BCUT2D eigenvalue weighted by atomic mass is 10.0. The van der Waals surface area contributed by atoms with Gasteiger partial charge in [0, 0.05) is 10.9 Å². The smallest absolute Gasteiger partial charge is 0.126 e. The Bertz CT molecular complexity index is 558. The second-order valence-electron chi connectivity index (χ2n) is 4.70. The third kappa shape index (κ3) is 3.57. The Kier molecular flexibility index (Phi) is 5.13. The Hall–Kier alpha value is -0.970. The van der Waals surface area contributed by atoms with E-state index in [2.05, 4.69) is 5.32 Å². The maximum Gasteiger partial charge on any atom is 0.126 e. The highest BCUT2D eigenvalue weighted by Gasteiger charge is 2.18. The molecule has 1 aromatic heterocycles. The summed E-state index contributed by atoms with van der Waals surface area (Å²) in [5, 5.41) is 3.32. The quantitative estimate of drug-likeness (QED) is 0.811. The summed E-state index contributed by atoms with van der Waals surface area (Å²) in [6.07, 6.45) is 0.937. The molecule has 108 valence electrons. The summed E-state index contributed by atoms with van der Waals surface area (Å²) in [4.78, 5) is 0.964. The van der Waals surface area contributed by atoms with Gasteiger partial charge < -0.3 is 5.32 Å². The van der Waals surface area contributed by atoms with Gasteiger partial charge in [0.15, 0.2) is 0 Å². The molecule has 0 amide bonds. The summed E-state index contributed by atoms with van der Waals surface area (Å²) in [6, 6.07) is 5.32. The first-order chi connectivity index (χ1) is 9.51. The van der Waals surface area contributed by atoms with Crippen molar-refractivity contribution >= 4 is 22.9 Å². The van der Waals surface area contributed by atoms with Gasteiger partial charge in [0.25, 0.3) is 0 Å². The molecule has 1 heterocycles. The minimum absolute atomic E-state index is 0.239. The van der Waals surface area contributed by atoms with Crippen molar-refractivity contribution < 1.29 is 8.78 Å². The first kappa shape index (κ1) is 15.4. The minimum atomic E-state index is -0.567. The molecule has 0 fully saturated rings. The lowest BCUT2D eigenvalue weighted by Crippen LogP contribution is -2.22. The minimum Gasteiger partial charge on any atom is -0.306 e. The van der Waals surface area contributed by atoms with E-state index in [4.69, 9.17) is 11.6 Å². The fourth-order valence-corrected chi connectivity index (χ4v) is 3.36. The highest BCUT2D eigenvalue weighted by Crippen LogP contribution is 2.34. The van der Waals surface area contributed by atoms with Crippen molar-refractivity contribution in [3.8, 4) is 0 Å². The molecule has 0 saturated heterocycles. The molecule has 2 rings (SSSR count). The SMILES string of the molecule is CCCNC(c1cc(F)cc(F)c1)c1cc(C)c(Cl)s1. The van der Waals surface area contributed by atoms with Gasteiger partial charge in [-0.15, -0.1) is 11.3 Å². The van der Waals surface area contributed by atoms with Crippen molar-refractivity contribution in [1.29, 1.82) is 0 Å². The van der Waals surface area contributed by atoms with Crippen LogP contribution in [-0.2, 0) is 0 Å². The normalized spacial score (nSPS) is 12.7. The number of hydrogen-bond donors (Lipinski definition) is 1. The van der Waals surface area contributed by atoms with Gasteiger partial charge in [-0.2, -0.15) is 0 Å². The summed E-state index contributed by atoms with van der Waals surface area (Å²) in [5.74, 6) is -1.13. The van der Waals surface area contributed by atoms with E-state index in [9.17, 15) is 8.78 Å². The molecule has 1 nitrogen and oxygen atoms in total. The second kappa shape index (κ2) is 6.66. The van der Waals surface area contributed by atoms with E-state index in [1.807, 2.05) is 19.9 Å². The zero-order chi connectivity index (χ0) is 14.7. The Morgan fingerprint density at radius 2 is 1.85 bits per heavy atom. The van der Waals surface area contributed by atoms with Gasteiger partial charge in [-0.1, -0.05) is 18.5 Å². The average Bonchev–Trinajstić information content (AvgIpc) is 2.69. The van der Waals surface area contributed by atoms with Crippen LogP contribution in [0, 0.1) is 18.6 Å². The molecule has 1 atom stereocenters. The summed E-state index contributed by atoms with van der Waals surface area (Å²) < 4.78 is 27.5. The van der Waals surface area contributed by atoms with Crippen molar-refractivity contribution in [3.05, 3.63) is 56.2 Å². The molecule has 0 aliphatic heterocycles. The van der Waals surface area contributed by atoms with Crippen molar-refractivity contribution in [2.45, 2.75) is 26.3 Å². The van der Waals surface area contributed by atoms with E-state index in [0.29, 0.717) is 9.90 Å². The molecule has 0 spiro atoms. The topological polar surface area (TPSA) is 12.0 Å². The fourth-order valence-electron chi connectivity index (χ4n) is 2.04. The Labute approximate surface area is 126 Å². The van der Waals surface area contributed by atoms with E-state index >= 15 is 0 Å². The highest BCUT2D eigenvalue weighted by atomic mass is 35.5. The van der Waals surface area contributed by atoms with Gasteiger partial charge in [0.05, 0.1) is 10.4 Å². The maximum atomic E-state index is 13.4. The van der Waals surface area contributed by atoms with Crippen molar-refractivity contribution in [2.75, 3.05) is 6.54 Å². The number of hydrogen-bond acceptors (Lipinski definition) is 2. The van der Waals surface area contributed by atoms with E-state index in [1.165, 1.54) is 23.5 Å². The van der Waals surface area contributed by atoms with E-state index in [0.717, 1.165) is 29.5 Å². The van der Waals surface area contributed by atoms with Crippen molar-refractivity contribution in [1.82, 2.24) is 5.32 Å². The van der Waals surface area contributed by atoms with Crippen LogP contribution in [0.3, 0.4) is 0 Å². The second-order valence-corrected chi connectivity index (χ2v) is 6.38. The Morgan fingerprint density at radius 3 is 2.35 bits per heavy atom. The molecule has 1 aromatic carbocycles. The van der Waals surface area contributed by atoms with Crippen molar-refractivity contribution in [2.24, 2.45) is 0 Å². The van der Waals surface area contributed by atoms with Crippen LogP contribution in [0.1, 0.15) is 35.4 Å². The number of thiophene rings is 1. The van der Waals surface area contributed by atoms with Crippen LogP contribution >= 0.6 is 22.9 Å². The van der Waals surface area contributed by atoms with E-state index in [-0.39, 0.29) is 6.04 Å². The third-order valence-electron chi connectivity index (χ3n) is 2.98. The number of nitrogens with one attached hydrogen (secondary N) is 1. The molecule has 0 bridgehead atoms. The molecular formula is C15H16ClF2NS. The molecule has 0 saturated carbocycles. The predicted molar refractivity (Wildman–Crippen MR) is 80.6 cm³/mol. The molecule has 1 unspecified atom stereocenters. The number of aryl methyl sites for hydroxylation is 1. The zero-order valence-electron chi connectivity index (χ0n) is 11.3. The first-order valence-electron chi connectivity index (χ1n) is 6.46. The van der Waals surface area contributed by atoms with E-state index in [1.54, 1.807) is 0 Å². The number of rotatable bonds is 5. The lowest BCUT2D eigenvalue weighted by molar-refractivity contribution is 0.561. The largest absolute Gasteiger partial charge is 0.306 e. The first-order valence-corrected chi connectivity index (χ1v) is 7.66. The van der Waals surface area contributed by atoms with Crippen LogP contribution < -0.4 is 5.32 Å². The van der Waals surface area contributed by atoms with Crippen LogP contribution in [0.5, 0.6) is 0 Å². The van der Waals surface area contributed by atoms with Crippen LogP contribution in [0.15, 0.2) is 24.3 Å². The van der Waals surface area contributed by atoms with E-state index < -0.39 is 11.6 Å². The zero-order valence-corrected chi connectivity index (χ0v) is 12.9. The van der Waals surface area contributed by atoms with Gasteiger partial charge in [0.1, 0.15) is 11.6 Å². The van der Waals surface area contributed by atoms with Crippen LogP contribution in [0.4, 0.5) is 8.78 Å². The van der Waals surface area contributed by atoms with Gasteiger partial charge in [-0.05, 0) is 49.2 Å². The van der Waals surface area contributed by atoms with Gasteiger partial charge in [-0.3, -0.25) is 0 Å². The summed E-state index contributed by atoms with van der Waals surface area (Å²) in [7, 11) is 0. The van der Waals surface area contributed by atoms with Gasteiger partial charge in [0.2, 0.25) is 0 Å². The monoisotopic (exact) mass is 315 g/mol. The molecular weight excluding hydrogens is 300 g/mol. The standard InChI is InChI=1S/C15H16ClF2NS/c1-3-4-19-14(13-5-9(2)15(16)20-13)10-6-11(17)8-12(18)7-10/h5-8,14,19H,3-4H2,1-2H3. The van der Waals surface area contributed by atoms with Gasteiger partial charge in [-0.25, -0.2) is 8.78 Å². The average molecular weight is 316 g/mol. The summed E-state index contributed by atoms with van der Waals surface area (Å²) in [6.45, 7) is 4.73. The van der Waals surface area contributed by atoms with Crippen LogP contribution in [0.2, 0.25) is 4.34 Å². The third-order valence-corrected chi connectivity index (χ3v) is 4.60. The molecule has 0 aliphatic rings. The van der Waals surface area contributed by atoms with Crippen LogP contribution in [0.25, 0.3) is 0 Å². The molecule has 5 heteroatoms. The molecule has 1 N–H and O–H groups in total. The summed E-state index contributed by atoms with van der Waals surface area (Å²) in [5.41, 5.74) is 1.56. The number of halogens is 3. The Morgan fingerprint density at radius 1 is 1.20 bits per heavy atom.